The van der Waals surface area contributed by atoms with Crippen molar-refractivity contribution in [2.75, 3.05) is 0 Å². The van der Waals surface area contributed by atoms with E-state index in [0.29, 0.717) is 12.3 Å². The summed E-state index contributed by atoms with van der Waals surface area (Å²) in [5.41, 5.74) is 0.551. The normalized spacial score (nSPS) is 10.4. The van der Waals surface area contributed by atoms with Gasteiger partial charge >= 0.3 is 0 Å². The van der Waals surface area contributed by atoms with Crippen molar-refractivity contribution in [3.8, 4) is 5.75 Å². The SMILES string of the molecule is O=c1cc(COc2cc(Br)cc(Br)c2)[nH][nH]1. The van der Waals surface area contributed by atoms with E-state index in [-0.39, 0.29) is 5.56 Å². The van der Waals surface area contributed by atoms with Crippen molar-refractivity contribution in [2.45, 2.75) is 6.61 Å². The first-order valence-corrected chi connectivity index (χ1v) is 6.07. The summed E-state index contributed by atoms with van der Waals surface area (Å²) >= 11 is 6.74. The Bertz CT molecular complexity index is 527. The minimum atomic E-state index is -0.158. The van der Waals surface area contributed by atoms with Crippen LogP contribution in [0.4, 0.5) is 0 Å². The highest BCUT2D eigenvalue weighted by Gasteiger charge is 2.01. The molecule has 0 aliphatic heterocycles. The highest BCUT2D eigenvalue weighted by Crippen LogP contribution is 2.25. The fourth-order valence-corrected chi connectivity index (χ4v) is 2.47. The van der Waals surface area contributed by atoms with Crippen LogP contribution in [-0.2, 0) is 6.61 Å². The number of hydrogen-bond acceptors (Lipinski definition) is 2. The number of nitrogens with one attached hydrogen (secondary N) is 2. The van der Waals surface area contributed by atoms with Crippen LogP contribution in [0.1, 0.15) is 5.69 Å². The molecule has 0 spiro atoms. The van der Waals surface area contributed by atoms with E-state index >= 15 is 0 Å². The first kappa shape index (κ1) is 11.5. The second kappa shape index (κ2) is 4.88. The van der Waals surface area contributed by atoms with Gasteiger partial charge in [0.05, 0.1) is 5.69 Å². The zero-order valence-electron chi connectivity index (χ0n) is 8.09. The maximum Gasteiger partial charge on any atom is 0.264 e. The lowest BCUT2D eigenvalue weighted by Gasteiger charge is -2.05. The number of rotatable bonds is 3. The van der Waals surface area contributed by atoms with Gasteiger partial charge in [0, 0.05) is 15.0 Å². The molecular weight excluding hydrogens is 340 g/mol. The van der Waals surface area contributed by atoms with Gasteiger partial charge in [0.25, 0.3) is 5.56 Å². The van der Waals surface area contributed by atoms with E-state index in [9.17, 15) is 4.79 Å². The topological polar surface area (TPSA) is 57.9 Å². The number of aromatic nitrogens is 2. The summed E-state index contributed by atoms with van der Waals surface area (Å²) in [5, 5.41) is 5.17. The molecule has 0 atom stereocenters. The minimum absolute atomic E-state index is 0.158. The molecule has 1 aromatic heterocycles. The third-order valence-electron chi connectivity index (χ3n) is 1.88. The molecule has 2 rings (SSSR count). The Balaban J connectivity index is 2.07. The van der Waals surface area contributed by atoms with E-state index in [4.69, 9.17) is 4.74 Å². The molecule has 0 aliphatic rings. The molecule has 0 aliphatic carbocycles. The Hall–Kier alpha value is -1.01. The number of halogens is 2. The van der Waals surface area contributed by atoms with Crippen LogP contribution in [0.3, 0.4) is 0 Å². The highest BCUT2D eigenvalue weighted by molar-refractivity contribution is 9.11. The van der Waals surface area contributed by atoms with E-state index in [1.807, 2.05) is 18.2 Å². The van der Waals surface area contributed by atoms with Crippen LogP contribution in [0.5, 0.6) is 5.75 Å². The standard InChI is InChI=1S/C10H8Br2N2O2/c11-6-1-7(12)3-9(2-6)16-5-8-4-10(15)14-13-8/h1-4H,5H2,(H2,13,14,15). The fraction of sp³-hybridized carbons (Fsp3) is 0.100. The van der Waals surface area contributed by atoms with E-state index in [2.05, 4.69) is 42.1 Å². The highest BCUT2D eigenvalue weighted by atomic mass is 79.9. The molecule has 0 saturated carbocycles. The van der Waals surface area contributed by atoms with Gasteiger partial charge in [-0.2, -0.15) is 0 Å². The Morgan fingerprint density at radius 1 is 1.06 bits per heavy atom. The van der Waals surface area contributed by atoms with Gasteiger partial charge in [-0.1, -0.05) is 31.9 Å². The zero-order chi connectivity index (χ0) is 11.5. The third kappa shape index (κ3) is 2.99. The molecule has 0 amide bonds. The molecule has 84 valence electrons. The van der Waals surface area contributed by atoms with Gasteiger partial charge in [-0.3, -0.25) is 15.0 Å². The average Bonchev–Trinajstić information content (AvgIpc) is 2.60. The van der Waals surface area contributed by atoms with Gasteiger partial charge in [-0.05, 0) is 18.2 Å². The van der Waals surface area contributed by atoms with Crippen LogP contribution in [-0.4, -0.2) is 10.2 Å². The molecule has 2 N–H and O–H groups in total. The van der Waals surface area contributed by atoms with Crippen molar-refractivity contribution in [3.05, 3.63) is 49.3 Å². The Labute approximate surface area is 108 Å². The second-order valence-corrected chi connectivity index (χ2v) is 5.01. The minimum Gasteiger partial charge on any atom is -0.487 e. The Morgan fingerprint density at radius 2 is 1.75 bits per heavy atom. The number of aromatic amines is 2. The summed E-state index contributed by atoms with van der Waals surface area (Å²) in [6.07, 6.45) is 0. The summed E-state index contributed by atoms with van der Waals surface area (Å²) < 4.78 is 7.38. The summed E-state index contributed by atoms with van der Waals surface area (Å²) in [4.78, 5) is 10.9. The van der Waals surface area contributed by atoms with Gasteiger partial charge < -0.3 is 4.74 Å². The van der Waals surface area contributed by atoms with Crippen LogP contribution in [0.15, 0.2) is 38.0 Å². The predicted molar refractivity (Wildman–Crippen MR) is 67.6 cm³/mol. The maximum atomic E-state index is 10.9. The van der Waals surface area contributed by atoms with Crippen LogP contribution in [0.25, 0.3) is 0 Å². The van der Waals surface area contributed by atoms with Crippen molar-refractivity contribution in [2.24, 2.45) is 0 Å². The van der Waals surface area contributed by atoms with Crippen molar-refractivity contribution in [1.29, 1.82) is 0 Å². The molecule has 16 heavy (non-hydrogen) atoms. The average molecular weight is 348 g/mol. The first-order valence-electron chi connectivity index (χ1n) is 4.49. The van der Waals surface area contributed by atoms with Crippen molar-refractivity contribution < 1.29 is 4.74 Å². The van der Waals surface area contributed by atoms with Gasteiger partial charge in [0.15, 0.2) is 0 Å². The summed E-state index contributed by atoms with van der Waals surface area (Å²) in [6.45, 7) is 0.321. The first-order chi connectivity index (χ1) is 7.63. The van der Waals surface area contributed by atoms with Gasteiger partial charge in [0.2, 0.25) is 0 Å². The molecule has 0 bridgehead atoms. The monoisotopic (exact) mass is 346 g/mol. The third-order valence-corrected chi connectivity index (χ3v) is 2.80. The van der Waals surface area contributed by atoms with Gasteiger partial charge in [-0.25, -0.2) is 0 Å². The van der Waals surface area contributed by atoms with Crippen LogP contribution in [0.2, 0.25) is 0 Å². The fourth-order valence-electron chi connectivity index (χ4n) is 1.22. The number of H-pyrrole nitrogens is 2. The van der Waals surface area contributed by atoms with E-state index < -0.39 is 0 Å². The molecule has 2 aromatic rings. The Kier molecular flexibility index (Phi) is 3.50. The molecule has 4 nitrogen and oxygen atoms in total. The number of benzene rings is 1. The van der Waals surface area contributed by atoms with Crippen molar-refractivity contribution in [3.63, 3.8) is 0 Å². The van der Waals surface area contributed by atoms with E-state index in [1.165, 1.54) is 6.07 Å². The number of ether oxygens (including phenoxy) is 1. The molecular formula is C10H8Br2N2O2. The second-order valence-electron chi connectivity index (χ2n) is 3.18. The predicted octanol–water partition coefficient (Wildman–Crippen LogP) is 2.81. The molecule has 1 aromatic carbocycles. The quantitative estimate of drug-likeness (QED) is 0.896. The van der Waals surface area contributed by atoms with E-state index in [1.54, 1.807) is 0 Å². The van der Waals surface area contributed by atoms with Gasteiger partial charge in [-0.15, -0.1) is 0 Å². The summed E-state index contributed by atoms with van der Waals surface area (Å²) in [5.74, 6) is 0.725. The molecule has 6 heteroatoms. The Morgan fingerprint density at radius 3 is 2.31 bits per heavy atom. The number of hydrogen-bond donors (Lipinski definition) is 2. The molecule has 0 fully saturated rings. The lowest BCUT2D eigenvalue weighted by atomic mass is 10.3. The largest absolute Gasteiger partial charge is 0.487 e. The summed E-state index contributed by atoms with van der Waals surface area (Å²) in [7, 11) is 0. The van der Waals surface area contributed by atoms with E-state index in [0.717, 1.165) is 14.7 Å². The molecule has 0 unspecified atom stereocenters. The van der Waals surface area contributed by atoms with Crippen LogP contribution in [0, 0.1) is 0 Å². The maximum absolute atomic E-state index is 10.9. The molecule has 1 heterocycles. The lowest BCUT2D eigenvalue weighted by molar-refractivity contribution is 0.301. The van der Waals surface area contributed by atoms with Crippen LogP contribution < -0.4 is 10.3 Å². The van der Waals surface area contributed by atoms with Crippen molar-refractivity contribution in [1.82, 2.24) is 10.2 Å². The molecule has 0 radical (unpaired) electrons. The lowest BCUT2D eigenvalue weighted by Crippen LogP contribution is -1.96. The van der Waals surface area contributed by atoms with Crippen molar-refractivity contribution >= 4 is 31.9 Å². The smallest absolute Gasteiger partial charge is 0.264 e. The van der Waals surface area contributed by atoms with Crippen LogP contribution >= 0.6 is 31.9 Å². The van der Waals surface area contributed by atoms with Gasteiger partial charge in [0.1, 0.15) is 12.4 Å². The molecule has 0 saturated heterocycles. The summed E-state index contributed by atoms with van der Waals surface area (Å²) in [6, 6.07) is 7.10. The zero-order valence-corrected chi connectivity index (χ0v) is 11.3.